The number of guanidine groups is 1. The summed E-state index contributed by atoms with van der Waals surface area (Å²) in [4.78, 5) is 21.8. The Morgan fingerprint density at radius 1 is 1.13 bits per heavy atom. The number of nitrogens with zero attached hydrogens (tertiary/aromatic N) is 3. The molecular formula is C24H40IN5O. The molecule has 2 heterocycles. The number of nitrogens with one attached hydrogen (secondary N) is 2. The van der Waals surface area contributed by atoms with Gasteiger partial charge in [-0.25, -0.2) is 0 Å². The predicted octanol–water partition coefficient (Wildman–Crippen LogP) is 3.56. The van der Waals surface area contributed by atoms with Crippen molar-refractivity contribution in [3.05, 3.63) is 35.4 Å². The average molecular weight is 542 g/mol. The van der Waals surface area contributed by atoms with Gasteiger partial charge in [0, 0.05) is 33.1 Å². The Hall–Kier alpha value is -1.35. The molecule has 1 amide bonds. The molecule has 174 valence electrons. The minimum Gasteiger partial charge on any atom is -0.359 e. The summed E-state index contributed by atoms with van der Waals surface area (Å²) >= 11 is 0. The molecule has 7 heteroatoms. The summed E-state index contributed by atoms with van der Waals surface area (Å²) in [7, 11) is 1.72. The van der Waals surface area contributed by atoms with Gasteiger partial charge in [-0.1, -0.05) is 29.8 Å². The first-order valence-corrected chi connectivity index (χ1v) is 11.6. The van der Waals surface area contributed by atoms with E-state index < -0.39 is 0 Å². The molecule has 2 fully saturated rings. The van der Waals surface area contributed by atoms with Gasteiger partial charge in [-0.05, 0) is 64.1 Å². The molecule has 0 aliphatic carbocycles. The molecule has 2 aliphatic heterocycles. The Balaban J connectivity index is 0.00000341. The Morgan fingerprint density at radius 2 is 1.77 bits per heavy atom. The number of carbonyl (C=O) groups excluding carboxylic acids is 1. The molecule has 1 atom stereocenters. The molecule has 2 N–H and O–H groups in total. The Bertz CT molecular complexity index is 694. The number of halogens is 1. The summed E-state index contributed by atoms with van der Waals surface area (Å²) in [6.45, 7) is 10.2. The van der Waals surface area contributed by atoms with Gasteiger partial charge in [0.15, 0.2) is 5.96 Å². The third-order valence-electron chi connectivity index (χ3n) is 6.46. The fourth-order valence-corrected chi connectivity index (χ4v) is 4.59. The van der Waals surface area contributed by atoms with Crippen LogP contribution in [0.25, 0.3) is 0 Å². The lowest BCUT2D eigenvalue weighted by Crippen LogP contribution is -2.46. The number of hydrogen-bond donors (Lipinski definition) is 2. The molecule has 0 bridgehead atoms. The zero-order chi connectivity index (χ0) is 21.3. The molecule has 0 spiro atoms. The highest BCUT2D eigenvalue weighted by Gasteiger charge is 2.26. The molecule has 0 aromatic heterocycles. The van der Waals surface area contributed by atoms with Crippen LogP contribution in [0.2, 0.25) is 0 Å². The standard InChI is InChI=1S/C24H39N5O.HI/c1-4-26-24(29-15-11-20(12-16-29)17-23(30)25-3)27-18-22(28-13-5-6-14-28)21-9-7-19(2)8-10-21;/h7-10,20,22H,4-6,11-18H2,1-3H3,(H,25,30)(H,26,27);1H. The molecule has 0 saturated carbocycles. The van der Waals surface area contributed by atoms with Crippen molar-refractivity contribution in [1.29, 1.82) is 0 Å². The SMILES string of the molecule is CCNC(=NCC(c1ccc(C)cc1)N1CCCC1)N1CCC(CC(=O)NC)CC1.I. The summed E-state index contributed by atoms with van der Waals surface area (Å²) in [5, 5.41) is 6.26. The number of aliphatic imine (C=N–C) groups is 1. The van der Waals surface area contributed by atoms with E-state index in [-0.39, 0.29) is 29.9 Å². The third-order valence-corrected chi connectivity index (χ3v) is 6.46. The van der Waals surface area contributed by atoms with E-state index >= 15 is 0 Å². The molecule has 1 aromatic rings. The lowest BCUT2D eigenvalue weighted by molar-refractivity contribution is -0.121. The van der Waals surface area contributed by atoms with Gasteiger partial charge in [-0.15, -0.1) is 24.0 Å². The van der Waals surface area contributed by atoms with Crippen molar-refractivity contribution >= 4 is 35.8 Å². The van der Waals surface area contributed by atoms with Crippen LogP contribution < -0.4 is 10.6 Å². The van der Waals surface area contributed by atoms with Crippen LogP contribution in [0.3, 0.4) is 0 Å². The van der Waals surface area contributed by atoms with Gasteiger partial charge in [-0.2, -0.15) is 0 Å². The second-order valence-corrected chi connectivity index (χ2v) is 8.67. The van der Waals surface area contributed by atoms with Gasteiger partial charge in [0.25, 0.3) is 0 Å². The van der Waals surface area contributed by atoms with Crippen LogP contribution in [0.4, 0.5) is 0 Å². The molecule has 2 saturated heterocycles. The maximum Gasteiger partial charge on any atom is 0.220 e. The predicted molar refractivity (Wildman–Crippen MR) is 139 cm³/mol. The van der Waals surface area contributed by atoms with Crippen LogP contribution >= 0.6 is 24.0 Å². The zero-order valence-electron chi connectivity index (χ0n) is 19.4. The number of likely N-dealkylation sites (tertiary alicyclic amines) is 2. The number of hydrogen-bond acceptors (Lipinski definition) is 3. The van der Waals surface area contributed by atoms with E-state index in [4.69, 9.17) is 4.99 Å². The molecule has 1 aromatic carbocycles. The van der Waals surface area contributed by atoms with Crippen LogP contribution in [-0.4, -0.2) is 68.0 Å². The highest BCUT2D eigenvalue weighted by Crippen LogP contribution is 2.26. The van der Waals surface area contributed by atoms with Gasteiger partial charge < -0.3 is 15.5 Å². The topological polar surface area (TPSA) is 60.0 Å². The van der Waals surface area contributed by atoms with E-state index in [1.54, 1.807) is 7.05 Å². The molecule has 31 heavy (non-hydrogen) atoms. The average Bonchev–Trinajstić information content (AvgIpc) is 3.29. The van der Waals surface area contributed by atoms with Gasteiger partial charge >= 0.3 is 0 Å². The van der Waals surface area contributed by atoms with Crippen molar-refractivity contribution in [3.8, 4) is 0 Å². The largest absolute Gasteiger partial charge is 0.359 e. The van der Waals surface area contributed by atoms with E-state index in [0.717, 1.165) is 58.1 Å². The van der Waals surface area contributed by atoms with Gasteiger partial charge in [0.05, 0.1) is 12.6 Å². The first kappa shape index (κ1) is 25.9. The van der Waals surface area contributed by atoms with Gasteiger partial charge in [-0.3, -0.25) is 14.7 Å². The molecule has 0 radical (unpaired) electrons. The number of aryl methyl sites for hydroxylation is 1. The minimum absolute atomic E-state index is 0. The molecule has 6 nitrogen and oxygen atoms in total. The second kappa shape index (κ2) is 13.3. The quantitative estimate of drug-likeness (QED) is 0.315. The molecule has 2 aliphatic rings. The number of piperidine rings is 1. The highest BCUT2D eigenvalue weighted by atomic mass is 127. The van der Waals surface area contributed by atoms with Crippen LogP contribution in [0, 0.1) is 12.8 Å². The number of carbonyl (C=O) groups is 1. The summed E-state index contributed by atoms with van der Waals surface area (Å²) < 4.78 is 0. The minimum atomic E-state index is 0. The zero-order valence-corrected chi connectivity index (χ0v) is 21.7. The maximum absolute atomic E-state index is 11.7. The number of rotatable bonds is 7. The Kier molecular flexibility index (Phi) is 11.1. The monoisotopic (exact) mass is 541 g/mol. The first-order valence-electron chi connectivity index (χ1n) is 11.6. The van der Waals surface area contributed by atoms with Gasteiger partial charge in [0.2, 0.25) is 5.91 Å². The number of benzene rings is 1. The van der Waals surface area contributed by atoms with Crippen molar-refractivity contribution in [3.63, 3.8) is 0 Å². The second-order valence-electron chi connectivity index (χ2n) is 8.67. The van der Waals surface area contributed by atoms with E-state index in [1.807, 2.05) is 0 Å². The summed E-state index contributed by atoms with van der Waals surface area (Å²) in [6, 6.07) is 9.30. The normalized spacial score (nSPS) is 19.1. The Morgan fingerprint density at radius 3 is 2.35 bits per heavy atom. The summed E-state index contributed by atoms with van der Waals surface area (Å²) in [6.07, 6.45) is 5.30. The molecule has 3 rings (SSSR count). The summed E-state index contributed by atoms with van der Waals surface area (Å²) in [5.41, 5.74) is 2.67. The van der Waals surface area contributed by atoms with E-state index in [1.165, 1.54) is 24.0 Å². The van der Waals surface area contributed by atoms with Crippen molar-refractivity contribution in [2.45, 2.75) is 52.0 Å². The summed E-state index contributed by atoms with van der Waals surface area (Å²) in [5.74, 6) is 1.65. The lowest BCUT2D eigenvalue weighted by Gasteiger charge is -2.34. The van der Waals surface area contributed by atoms with Crippen molar-refractivity contribution in [2.24, 2.45) is 10.9 Å². The van der Waals surface area contributed by atoms with E-state index in [9.17, 15) is 4.79 Å². The van der Waals surface area contributed by atoms with Crippen LogP contribution in [0.1, 0.15) is 56.2 Å². The first-order chi connectivity index (χ1) is 14.6. The third kappa shape index (κ3) is 7.63. The molecule has 1 unspecified atom stereocenters. The highest BCUT2D eigenvalue weighted by molar-refractivity contribution is 14.0. The smallest absolute Gasteiger partial charge is 0.220 e. The van der Waals surface area contributed by atoms with E-state index in [0.29, 0.717) is 18.4 Å². The lowest BCUT2D eigenvalue weighted by atomic mass is 9.93. The van der Waals surface area contributed by atoms with Crippen LogP contribution in [0.15, 0.2) is 29.3 Å². The van der Waals surface area contributed by atoms with Crippen LogP contribution in [-0.2, 0) is 4.79 Å². The van der Waals surface area contributed by atoms with Crippen LogP contribution in [0.5, 0.6) is 0 Å². The van der Waals surface area contributed by atoms with Crippen molar-refractivity contribution < 1.29 is 4.79 Å². The van der Waals surface area contributed by atoms with Gasteiger partial charge in [0.1, 0.15) is 0 Å². The Labute approximate surface area is 205 Å². The van der Waals surface area contributed by atoms with Crippen molar-refractivity contribution in [1.82, 2.24) is 20.4 Å². The fraction of sp³-hybridized carbons (Fsp3) is 0.667. The fourth-order valence-electron chi connectivity index (χ4n) is 4.59. The maximum atomic E-state index is 11.7. The van der Waals surface area contributed by atoms with E-state index in [2.05, 4.69) is 58.5 Å². The molecular weight excluding hydrogens is 501 g/mol. The van der Waals surface area contributed by atoms with Crippen molar-refractivity contribution in [2.75, 3.05) is 46.3 Å². The number of amides is 1.